The second kappa shape index (κ2) is 6.40. The molecule has 3 rings (SSSR count). The van der Waals surface area contributed by atoms with Crippen molar-refractivity contribution >= 4 is 11.0 Å². The van der Waals surface area contributed by atoms with Crippen molar-refractivity contribution in [1.29, 1.82) is 0 Å². The van der Waals surface area contributed by atoms with Gasteiger partial charge >= 0.3 is 5.63 Å². The third kappa shape index (κ3) is 3.32. The van der Waals surface area contributed by atoms with Crippen LogP contribution >= 0.6 is 0 Å². The summed E-state index contributed by atoms with van der Waals surface area (Å²) in [6.07, 6.45) is 2.44. The van der Waals surface area contributed by atoms with E-state index < -0.39 is 0 Å². The summed E-state index contributed by atoms with van der Waals surface area (Å²) < 4.78 is 12.4. The molecular weight excluding hydrogens is 286 g/mol. The minimum atomic E-state index is -0.379. The van der Waals surface area contributed by atoms with Gasteiger partial charge in [-0.2, -0.15) is 0 Å². The van der Waals surface area contributed by atoms with Gasteiger partial charge in [0.1, 0.15) is 17.0 Å². The van der Waals surface area contributed by atoms with Crippen LogP contribution in [0.3, 0.4) is 0 Å². The molecule has 0 unspecified atom stereocenters. The van der Waals surface area contributed by atoms with E-state index in [1.165, 1.54) is 6.07 Å². The molecule has 3 aromatic rings. The van der Waals surface area contributed by atoms with Gasteiger partial charge < -0.3 is 14.3 Å². The Morgan fingerprint density at radius 2 is 2.14 bits per heavy atom. The summed E-state index contributed by atoms with van der Waals surface area (Å²) in [5.74, 6) is 0.650. The molecule has 0 spiro atoms. The normalized spacial score (nSPS) is 11.0. The number of hydrogen-bond acceptors (Lipinski definition) is 6. The molecule has 0 aliphatic heterocycles. The van der Waals surface area contributed by atoms with Crippen molar-refractivity contribution in [3.63, 3.8) is 0 Å². The molecule has 0 atom stereocenters. The van der Waals surface area contributed by atoms with Crippen LogP contribution in [0.4, 0.5) is 0 Å². The largest absolute Gasteiger partial charge is 0.493 e. The Bertz CT molecular complexity index is 825. The molecule has 2 heterocycles. The summed E-state index contributed by atoms with van der Waals surface area (Å²) >= 11 is 0. The predicted molar refractivity (Wildman–Crippen MR) is 78.5 cm³/mol. The number of hydrogen-bond donors (Lipinski definition) is 1. The van der Waals surface area contributed by atoms with Crippen molar-refractivity contribution in [3.05, 3.63) is 52.6 Å². The van der Waals surface area contributed by atoms with E-state index in [2.05, 4.69) is 10.3 Å². The van der Waals surface area contributed by atoms with Crippen LogP contribution < -0.4 is 10.4 Å². The minimum absolute atomic E-state index is 0.112. The summed E-state index contributed by atoms with van der Waals surface area (Å²) in [6.45, 7) is 1.03. The van der Waals surface area contributed by atoms with Gasteiger partial charge in [0.25, 0.3) is 0 Å². The van der Waals surface area contributed by atoms with Gasteiger partial charge in [0.15, 0.2) is 0 Å². The Balaban J connectivity index is 1.56. The first-order valence-electron chi connectivity index (χ1n) is 6.91. The highest BCUT2D eigenvalue weighted by Gasteiger charge is 2.02. The van der Waals surface area contributed by atoms with E-state index in [0.29, 0.717) is 30.2 Å². The van der Waals surface area contributed by atoms with Gasteiger partial charge in [-0.1, -0.05) is 5.21 Å². The molecule has 7 nitrogen and oxygen atoms in total. The van der Waals surface area contributed by atoms with E-state index in [0.717, 1.165) is 11.8 Å². The molecular formula is C15H15N3O4. The average molecular weight is 301 g/mol. The summed E-state index contributed by atoms with van der Waals surface area (Å²) in [4.78, 5) is 11.2. The highest BCUT2D eigenvalue weighted by Crippen LogP contribution is 2.19. The number of aromatic nitrogens is 3. The molecule has 0 saturated heterocycles. The van der Waals surface area contributed by atoms with Crippen molar-refractivity contribution in [2.75, 3.05) is 6.61 Å². The average Bonchev–Trinajstić information content (AvgIpc) is 2.99. The monoisotopic (exact) mass is 301 g/mol. The number of nitrogens with zero attached hydrogens (tertiary/aromatic N) is 3. The van der Waals surface area contributed by atoms with Gasteiger partial charge in [0.2, 0.25) is 0 Å². The summed E-state index contributed by atoms with van der Waals surface area (Å²) in [5, 5.41) is 17.4. The maximum Gasteiger partial charge on any atom is 0.336 e. The molecule has 114 valence electrons. The first-order valence-corrected chi connectivity index (χ1v) is 6.91. The second-order valence-corrected chi connectivity index (χ2v) is 4.79. The van der Waals surface area contributed by atoms with Gasteiger partial charge in [0.05, 0.1) is 19.4 Å². The fourth-order valence-corrected chi connectivity index (χ4v) is 2.07. The molecule has 1 N–H and O–H groups in total. The maximum absolute atomic E-state index is 11.2. The van der Waals surface area contributed by atoms with E-state index in [-0.39, 0.29) is 12.2 Å². The molecule has 0 aliphatic rings. The van der Waals surface area contributed by atoms with Gasteiger partial charge in [-0.15, -0.1) is 5.10 Å². The van der Waals surface area contributed by atoms with Crippen molar-refractivity contribution in [1.82, 2.24) is 15.0 Å². The summed E-state index contributed by atoms with van der Waals surface area (Å²) in [5.41, 5.74) is 0.676. The standard InChI is InChI=1S/C15H15N3O4/c19-10-12-9-18(17-16-12)6-1-7-21-13-4-2-11-3-5-15(20)22-14(11)8-13/h2-5,8-9,19H,1,6-7,10H2. The van der Waals surface area contributed by atoms with Crippen molar-refractivity contribution in [3.8, 4) is 5.75 Å². The Kier molecular flexibility index (Phi) is 4.15. The van der Waals surface area contributed by atoms with Crippen LogP contribution in [0.5, 0.6) is 5.75 Å². The summed E-state index contributed by atoms with van der Waals surface area (Å²) in [7, 11) is 0. The SMILES string of the molecule is O=c1ccc2ccc(OCCCn3cc(CO)nn3)cc2o1. The predicted octanol–water partition coefficient (Wildman–Crippen LogP) is 1.35. The van der Waals surface area contributed by atoms with Gasteiger partial charge in [-0.05, 0) is 18.2 Å². The van der Waals surface area contributed by atoms with Crippen LogP contribution in [0.2, 0.25) is 0 Å². The number of aliphatic hydroxyl groups excluding tert-OH is 1. The lowest BCUT2D eigenvalue weighted by molar-refractivity contribution is 0.276. The third-order valence-electron chi connectivity index (χ3n) is 3.14. The Morgan fingerprint density at radius 1 is 1.27 bits per heavy atom. The summed E-state index contributed by atoms with van der Waals surface area (Å²) in [6, 6.07) is 8.49. The maximum atomic E-state index is 11.2. The first-order chi connectivity index (χ1) is 10.7. The molecule has 7 heteroatoms. The van der Waals surface area contributed by atoms with Crippen molar-refractivity contribution in [2.45, 2.75) is 19.6 Å². The number of benzene rings is 1. The highest BCUT2D eigenvalue weighted by atomic mass is 16.5. The van der Waals surface area contributed by atoms with Gasteiger partial charge in [-0.3, -0.25) is 4.68 Å². The second-order valence-electron chi connectivity index (χ2n) is 4.79. The molecule has 0 fully saturated rings. The Morgan fingerprint density at radius 3 is 2.95 bits per heavy atom. The fourth-order valence-electron chi connectivity index (χ4n) is 2.07. The molecule has 1 aromatic carbocycles. The number of fused-ring (bicyclic) bond motifs is 1. The van der Waals surface area contributed by atoms with Crippen molar-refractivity contribution < 1.29 is 14.3 Å². The topological polar surface area (TPSA) is 90.4 Å². The fraction of sp³-hybridized carbons (Fsp3) is 0.267. The zero-order valence-electron chi connectivity index (χ0n) is 11.8. The van der Waals surface area contributed by atoms with E-state index >= 15 is 0 Å². The van der Waals surface area contributed by atoms with Crippen LogP contribution in [0.15, 0.2) is 45.7 Å². The van der Waals surface area contributed by atoms with Crippen LogP contribution in [0, 0.1) is 0 Å². The minimum Gasteiger partial charge on any atom is -0.493 e. The lowest BCUT2D eigenvalue weighted by Crippen LogP contribution is -2.05. The first kappa shape index (κ1) is 14.3. The quantitative estimate of drug-likeness (QED) is 0.546. The molecule has 22 heavy (non-hydrogen) atoms. The van der Waals surface area contributed by atoms with Crippen LogP contribution in [-0.2, 0) is 13.2 Å². The molecule has 0 bridgehead atoms. The van der Waals surface area contributed by atoms with Crippen molar-refractivity contribution in [2.24, 2.45) is 0 Å². The van der Waals surface area contributed by atoms with E-state index in [1.807, 2.05) is 12.1 Å². The zero-order chi connectivity index (χ0) is 15.4. The molecule has 0 radical (unpaired) electrons. The zero-order valence-corrected chi connectivity index (χ0v) is 11.8. The molecule has 2 aromatic heterocycles. The third-order valence-corrected chi connectivity index (χ3v) is 3.14. The van der Waals surface area contributed by atoms with Crippen LogP contribution in [0.1, 0.15) is 12.1 Å². The smallest absolute Gasteiger partial charge is 0.336 e. The lowest BCUT2D eigenvalue weighted by atomic mass is 10.2. The van der Waals surface area contributed by atoms with Crippen LogP contribution in [-0.4, -0.2) is 26.7 Å². The molecule has 0 saturated carbocycles. The van der Waals surface area contributed by atoms with E-state index in [9.17, 15) is 4.79 Å². The Hall–Kier alpha value is -2.67. The van der Waals surface area contributed by atoms with Gasteiger partial charge in [0, 0.05) is 30.5 Å². The number of rotatable bonds is 6. The van der Waals surface area contributed by atoms with E-state index in [4.69, 9.17) is 14.3 Å². The number of aliphatic hydroxyl groups is 1. The van der Waals surface area contributed by atoms with Gasteiger partial charge in [-0.25, -0.2) is 4.79 Å². The van der Waals surface area contributed by atoms with Crippen LogP contribution in [0.25, 0.3) is 11.0 Å². The highest BCUT2D eigenvalue weighted by molar-refractivity contribution is 5.77. The number of aryl methyl sites for hydroxylation is 1. The molecule has 0 aliphatic carbocycles. The number of ether oxygens (including phenoxy) is 1. The Labute approximate surface area is 125 Å². The lowest BCUT2D eigenvalue weighted by Gasteiger charge is -2.06. The molecule has 0 amide bonds. The van der Waals surface area contributed by atoms with E-state index in [1.54, 1.807) is 23.0 Å².